The smallest absolute Gasteiger partial charge is 0.0484 e. The Morgan fingerprint density at radius 1 is 0.905 bits per heavy atom. The highest BCUT2D eigenvalue weighted by Gasteiger charge is 2.39. The predicted molar refractivity (Wildman–Crippen MR) is 91.5 cm³/mol. The van der Waals surface area contributed by atoms with Gasteiger partial charge in [0.25, 0.3) is 0 Å². The first-order valence-corrected chi connectivity index (χ1v) is 8.32. The van der Waals surface area contributed by atoms with Crippen molar-refractivity contribution >= 4 is 16.5 Å². The minimum Gasteiger partial charge on any atom is -0.371 e. The molecule has 110 valence electrons. The van der Waals surface area contributed by atoms with Gasteiger partial charge >= 0.3 is 0 Å². The average Bonchev–Trinajstić information content (AvgIpc) is 2.90. The van der Waals surface area contributed by atoms with Crippen LogP contribution in [-0.4, -0.2) is 13.1 Å². The number of rotatable bonds is 0. The van der Waals surface area contributed by atoms with Gasteiger partial charge in [0.15, 0.2) is 0 Å². The van der Waals surface area contributed by atoms with E-state index in [4.69, 9.17) is 0 Å². The van der Waals surface area contributed by atoms with Crippen molar-refractivity contribution in [3.05, 3.63) is 41.0 Å². The first-order valence-electron chi connectivity index (χ1n) is 8.32. The number of benzene rings is 2. The van der Waals surface area contributed by atoms with Crippen molar-refractivity contribution in [2.75, 3.05) is 11.9 Å². The molecular weight excluding hydrogens is 254 g/mol. The van der Waals surface area contributed by atoms with Crippen LogP contribution in [0.25, 0.3) is 10.8 Å². The normalized spacial score (nSPS) is 30.8. The molecule has 0 radical (unpaired) electrons. The van der Waals surface area contributed by atoms with Crippen molar-refractivity contribution in [1.29, 1.82) is 0 Å². The van der Waals surface area contributed by atoms with Crippen molar-refractivity contribution in [3.63, 3.8) is 0 Å². The van der Waals surface area contributed by atoms with Gasteiger partial charge in [-0.25, -0.2) is 0 Å². The molecule has 1 nitrogen and oxygen atoms in total. The lowest BCUT2D eigenvalue weighted by atomic mass is 9.86. The number of likely N-dealkylation sites (N-methyl/N-ethyl adjacent to an activating group) is 1. The van der Waals surface area contributed by atoms with Crippen LogP contribution < -0.4 is 4.90 Å². The largest absolute Gasteiger partial charge is 0.371 e. The zero-order chi connectivity index (χ0) is 14.9. The van der Waals surface area contributed by atoms with Crippen LogP contribution in [0.1, 0.15) is 56.2 Å². The van der Waals surface area contributed by atoms with Crippen LogP contribution >= 0.6 is 0 Å². The van der Waals surface area contributed by atoms with E-state index in [1.54, 1.807) is 16.7 Å². The molecule has 0 amide bonds. The van der Waals surface area contributed by atoms with Crippen molar-refractivity contribution in [2.24, 2.45) is 5.92 Å². The summed E-state index contributed by atoms with van der Waals surface area (Å²) >= 11 is 0. The fourth-order valence-corrected chi connectivity index (χ4v) is 4.69. The summed E-state index contributed by atoms with van der Waals surface area (Å²) in [7, 11) is 2.27. The van der Waals surface area contributed by atoms with E-state index in [1.807, 2.05) is 0 Å². The van der Waals surface area contributed by atoms with Crippen molar-refractivity contribution in [2.45, 2.75) is 52.0 Å². The molecule has 0 saturated heterocycles. The van der Waals surface area contributed by atoms with Gasteiger partial charge in [-0.2, -0.15) is 0 Å². The first kappa shape index (κ1) is 13.2. The van der Waals surface area contributed by atoms with Gasteiger partial charge in [-0.3, -0.25) is 0 Å². The van der Waals surface area contributed by atoms with Gasteiger partial charge in [-0.15, -0.1) is 0 Å². The minimum absolute atomic E-state index is 0.598. The van der Waals surface area contributed by atoms with E-state index in [-0.39, 0.29) is 0 Å². The second-order valence-corrected chi connectivity index (χ2v) is 7.31. The van der Waals surface area contributed by atoms with E-state index in [0.29, 0.717) is 17.9 Å². The third kappa shape index (κ3) is 1.52. The fourth-order valence-electron chi connectivity index (χ4n) is 4.69. The Balaban J connectivity index is 2.16. The standard InChI is InChI=1S/C20H25N/c1-11-10-17-18(12(11)2)15-8-6-7-9-16(15)20-19(17)13(3)14(4)21(20)5/h6-9,11-14H,10H2,1-5H3/t11-,12-,13-,14+/m1/s1. The molecule has 0 spiro atoms. The number of hydrogen-bond acceptors (Lipinski definition) is 1. The maximum absolute atomic E-state index is 2.51. The highest BCUT2D eigenvalue weighted by Crippen LogP contribution is 2.53. The molecule has 1 heterocycles. The SMILES string of the molecule is C[C@@H]1Cc2c3c(c4ccccc4c2[C@@H]1C)N(C)[C@@H](C)[C@H]3C. The molecule has 1 aliphatic heterocycles. The van der Waals surface area contributed by atoms with E-state index in [1.165, 1.54) is 22.9 Å². The van der Waals surface area contributed by atoms with E-state index >= 15 is 0 Å². The zero-order valence-electron chi connectivity index (χ0n) is 13.8. The molecule has 0 aromatic heterocycles. The Morgan fingerprint density at radius 2 is 1.57 bits per heavy atom. The predicted octanol–water partition coefficient (Wildman–Crippen LogP) is 5.08. The highest BCUT2D eigenvalue weighted by atomic mass is 15.2. The Kier molecular flexibility index (Phi) is 2.67. The Bertz CT molecular complexity index is 730. The van der Waals surface area contributed by atoms with E-state index in [2.05, 4.69) is 63.9 Å². The van der Waals surface area contributed by atoms with Crippen molar-refractivity contribution in [1.82, 2.24) is 0 Å². The molecule has 0 N–H and O–H groups in total. The summed E-state index contributed by atoms with van der Waals surface area (Å²) in [6, 6.07) is 9.66. The zero-order valence-corrected chi connectivity index (χ0v) is 13.8. The molecular formula is C20H25N. The quantitative estimate of drug-likeness (QED) is 0.650. The van der Waals surface area contributed by atoms with Gasteiger partial charge < -0.3 is 4.90 Å². The Morgan fingerprint density at radius 3 is 2.29 bits per heavy atom. The van der Waals surface area contributed by atoms with Gasteiger partial charge in [-0.05, 0) is 47.3 Å². The van der Waals surface area contributed by atoms with Crippen LogP contribution in [0.5, 0.6) is 0 Å². The summed E-state index contributed by atoms with van der Waals surface area (Å²) in [4.78, 5) is 2.51. The Labute approximate surface area is 128 Å². The maximum atomic E-state index is 2.51. The van der Waals surface area contributed by atoms with Crippen molar-refractivity contribution < 1.29 is 0 Å². The van der Waals surface area contributed by atoms with Crippen LogP contribution in [0.4, 0.5) is 5.69 Å². The second-order valence-electron chi connectivity index (χ2n) is 7.31. The molecule has 21 heavy (non-hydrogen) atoms. The monoisotopic (exact) mass is 279 g/mol. The molecule has 2 aromatic rings. The van der Waals surface area contributed by atoms with Crippen LogP contribution in [0.3, 0.4) is 0 Å². The lowest BCUT2D eigenvalue weighted by molar-refractivity contribution is 0.532. The van der Waals surface area contributed by atoms with Gasteiger partial charge in [0.05, 0.1) is 0 Å². The Hall–Kier alpha value is -1.50. The molecule has 4 atom stereocenters. The molecule has 1 aliphatic carbocycles. The van der Waals surface area contributed by atoms with Crippen LogP contribution in [0.2, 0.25) is 0 Å². The molecule has 0 unspecified atom stereocenters. The summed E-state index contributed by atoms with van der Waals surface area (Å²) in [6.45, 7) is 9.62. The molecule has 1 heteroatoms. The summed E-state index contributed by atoms with van der Waals surface area (Å²) < 4.78 is 0. The lowest BCUT2D eigenvalue weighted by Crippen LogP contribution is -2.26. The van der Waals surface area contributed by atoms with Crippen LogP contribution in [0.15, 0.2) is 24.3 Å². The highest BCUT2D eigenvalue weighted by molar-refractivity contribution is 6.01. The third-order valence-corrected chi connectivity index (χ3v) is 6.36. The van der Waals surface area contributed by atoms with Gasteiger partial charge in [-0.1, -0.05) is 45.0 Å². The summed E-state index contributed by atoms with van der Waals surface area (Å²) in [5.41, 5.74) is 6.47. The van der Waals surface area contributed by atoms with E-state index in [0.717, 1.165) is 5.92 Å². The second kappa shape index (κ2) is 4.25. The number of fused-ring (bicyclic) bond motifs is 6. The van der Waals surface area contributed by atoms with E-state index < -0.39 is 0 Å². The molecule has 2 aromatic carbocycles. The van der Waals surface area contributed by atoms with E-state index in [9.17, 15) is 0 Å². The molecule has 0 fully saturated rings. The molecule has 0 saturated carbocycles. The number of anilines is 1. The summed E-state index contributed by atoms with van der Waals surface area (Å²) in [5, 5.41) is 2.96. The maximum Gasteiger partial charge on any atom is 0.0484 e. The minimum atomic E-state index is 0.598. The molecule has 0 bridgehead atoms. The summed E-state index contributed by atoms with van der Waals surface area (Å²) in [5.74, 6) is 2.09. The van der Waals surface area contributed by atoms with Crippen LogP contribution in [0, 0.1) is 5.92 Å². The lowest BCUT2D eigenvalue weighted by Gasteiger charge is -2.22. The molecule has 2 aliphatic rings. The van der Waals surface area contributed by atoms with Gasteiger partial charge in [0.1, 0.15) is 0 Å². The van der Waals surface area contributed by atoms with Gasteiger partial charge in [0, 0.05) is 30.1 Å². The number of nitrogens with zero attached hydrogens (tertiary/aromatic N) is 1. The topological polar surface area (TPSA) is 3.24 Å². The first-order chi connectivity index (χ1) is 10.0. The van der Waals surface area contributed by atoms with Gasteiger partial charge in [0.2, 0.25) is 0 Å². The average molecular weight is 279 g/mol. The molecule has 4 rings (SSSR count). The van der Waals surface area contributed by atoms with Crippen LogP contribution in [-0.2, 0) is 6.42 Å². The summed E-state index contributed by atoms with van der Waals surface area (Å²) in [6.07, 6.45) is 1.26. The van der Waals surface area contributed by atoms with Crippen molar-refractivity contribution in [3.8, 4) is 0 Å². The fraction of sp³-hybridized carbons (Fsp3) is 0.500. The third-order valence-electron chi connectivity index (χ3n) is 6.36. The number of hydrogen-bond donors (Lipinski definition) is 0.